The fraction of sp³-hybridized carbons (Fsp3) is 0.333. The Morgan fingerprint density at radius 1 is 1.05 bits per heavy atom. The molecule has 2 aromatic heterocycles. The van der Waals surface area contributed by atoms with Crippen molar-refractivity contribution in [2.24, 2.45) is 0 Å². The Morgan fingerprint density at radius 3 is 2.55 bits per heavy atom. The summed E-state index contributed by atoms with van der Waals surface area (Å²) in [7, 11) is 4.88. The van der Waals surface area contributed by atoms with Gasteiger partial charge in [-0.25, -0.2) is 4.98 Å². The second kappa shape index (κ2) is 11.4. The molecule has 8 heteroatoms. The number of carbonyl (C=O) groups is 1. The van der Waals surface area contributed by atoms with Gasteiger partial charge >= 0.3 is 0 Å². The van der Waals surface area contributed by atoms with Crippen molar-refractivity contribution in [3.05, 3.63) is 69.9 Å². The Balaban J connectivity index is 1.62. The third-order valence-corrected chi connectivity index (χ3v) is 7.78. The van der Waals surface area contributed by atoms with Crippen LogP contribution in [0.15, 0.2) is 54.6 Å². The second-order valence-electron chi connectivity index (χ2n) is 9.36. The van der Waals surface area contributed by atoms with E-state index in [0.29, 0.717) is 24.6 Å². The molecular formula is C30H32N2O5S. The smallest absolute Gasteiger partial charge is 0.264 e. The highest BCUT2D eigenvalue weighted by molar-refractivity contribution is 7.13. The van der Waals surface area contributed by atoms with Crippen LogP contribution in [0.1, 0.15) is 33.0 Å². The number of nitrogens with zero attached hydrogens (tertiary/aromatic N) is 2. The van der Waals surface area contributed by atoms with Crippen molar-refractivity contribution in [3.8, 4) is 28.5 Å². The molecule has 1 fully saturated rings. The van der Waals surface area contributed by atoms with E-state index in [1.807, 2.05) is 60.4 Å². The first-order valence-corrected chi connectivity index (χ1v) is 13.5. The van der Waals surface area contributed by atoms with Crippen LogP contribution in [0.25, 0.3) is 22.2 Å². The summed E-state index contributed by atoms with van der Waals surface area (Å²) < 4.78 is 22.5. The van der Waals surface area contributed by atoms with Crippen LogP contribution in [0, 0.1) is 6.92 Å². The van der Waals surface area contributed by atoms with Gasteiger partial charge in [-0.1, -0.05) is 12.1 Å². The summed E-state index contributed by atoms with van der Waals surface area (Å²) in [6.07, 6.45) is 1.99. The lowest BCUT2D eigenvalue weighted by Crippen LogP contribution is -2.36. The first kappa shape index (κ1) is 26.0. The largest absolute Gasteiger partial charge is 0.497 e. The average Bonchev–Trinajstić information content (AvgIpc) is 3.63. The molecule has 2 aromatic carbocycles. The minimum absolute atomic E-state index is 0.00241. The number of methoxy groups -OCH3 is 3. The van der Waals surface area contributed by atoms with E-state index in [2.05, 4.69) is 6.07 Å². The van der Waals surface area contributed by atoms with Crippen molar-refractivity contribution in [2.45, 2.75) is 32.4 Å². The topological polar surface area (TPSA) is 70.1 Å². The van der Waals surface area contributed by atoms with E-state index in [4.69, 9.17) is 23.9 Å². The maximum atomic E-state index is 13.7. The summed E-state index contributed by atoms with van der Waals surface area (Å²) in [5.41, 5.74) is 3.40. The van der Waals surface area contributed by atoms with Gasteiger partial charge in [-0.2, -0.15) is 0 Å². The highest BCUT2D eigenvalue weighted by atomic mass is 32.1. The van der Waals surface area contributed by atoms with E-state index in [9.17, 15) is 4.79 Å². The van der Waals surface area contributed by atoms with Crippen molar-refractivity contribution in [1.82, 2.24) is 9.88 Å². The molecule has 1 aliphatic rings. The standard InChI is InChI=1S/C30H32N2O5S/c1-19-10-11-28(38-19)30(33)32(18-24-9-6-12-37-24)17-22-13-21-15-26(35-3)27(36-4)16-25(21)31-29(22)20-7-5-8-23(14-20)34-2/h5,7-8,10-11,13-16,24H,6,9,12,17-18H2,1-4H3/t24-/m1/s1. The predicted molar refractivity (Wildman–Crippen MR) is 150 cm³/mol. The lowest BCUT2D eigenvalue weighted by atomic mass is 10.0. The number of benzene rings is 2. The molecule has 0 saturated carbocycles. The minimum Gasteiger partial charge on any atom is -0.497 e. The zero-order valence-electron chi connectivity index (χ0n) is 22.2. The normalized spacial score (nSPS) is 15.0. The SMILES string of the molecule is COc1cccc(-c2nc3cc(OC)c(OC)cc3cc2CN(C[C@H]2CCCO2)C(=O)c2ccc(C)s2)c1. The Bertz CT molecular complexity index is 1440. The maximum absolute atomic E-state index is 13.7. The summed E-state index contributed by atoms with van der Waals surface area (Å²) in [5, 5.41) is 0.903. The number of hydrogen-bond donors (Lipinski definition) is 0. The molecule has 1 amide bonds. The molecule has 198 valence electrons. The van der Waals surface area contributed by atoms with Gasteiger partial charge < -0.3 is 23.8 Å². The van der Waals surface area contributed by atoms with Crippen molar-refractivity contribution in [3.63, 3.8) is 0 Å². The Kier molecular flexibility index (Phi) is 7.81. The highest BCUT2D eigenvalue weighted by Crippen LogP contribution is 2.35. The first-order valence-electron chi connectivity index (χ1n) is 12.7. The molecule has 1 saturated heterocycles. The first-order chi connectivity index (χ1) is 18.5. The van der Waals surface area contributed by atoms with E-state index in [-0.39, 0.29) is 12.0 Å². The number of aromatic nitrogens is 1. The molecule has 1 atom stereocenters. The van der Waals surface area contributed by atoms with Gasteiger partial charge in [0, 0.05) is 41.6 Å². The fourth-order valence-electron chi connectivity index (χ4n) is 4.85. The van der Waals surface area contributed by atoms with Gasteiger partial charge in [0.15, 0.2) is 11.5 Å². The summed E-state index contributed by atoms with van der Waals surface area (Å²) in [6.45, 7) is 3.66. The monoisotopic (exact) mass is 532 g/mol. The van der Waals surface area contributed by atoms with Crippen LogP contribution in [0.3, 0.4) is 0 Å². The Hall–Kier alpha value is -3.62. The second-order valence-corrected chi connectivity index (χ2v) is 10.6. The molecular weight excluding hydrogens is 500 g/mol. The van der Waals surface area contributed by atoms with Crippen LogP contribution in [0.5, 0.6) is 17.2 Å². The number of hydrogen-bond acceptors (Lipinski definition) is 7. The number of thiophene rings is 1. The zero-order valence-corrected chi connectivity index (χ0v) is 23.0. The molecule has 38 heavy (non-hydrogen) atoms. The number of amides is 1. The molecule has 0 spiro atoms. The van der Waals surface area contributed by atoms with Crippen molar-refractivity contribution in [1.29, 1.82) is 0 Å². The lowest BCUT2D eigenvalue weighted by molar-refractivity contribution is 0.0511. The third-order valence-electron chi connectivity index (χ3n) is 6.79. The van der Waals surface area contributed by atoms with Gasteiger partial charge in [-0.15, -0.1) is 11.3 Å². The number of rotatable bonds is 9. The van der Waals surface area contributed by atoms with E-state index in [1.54, 1.807) is 21.3 Å². The summed E-state index contributed by atoms with van der Waals surface area (Å²) in [6, 6.07) is 17.6. The molecule has 5 rings (SSSR count). The van der Waals surface area contributed by atoms with Crippen molar-refractivity contribution in [2.75, 3.05) is 34.5 Å². The maximum Gasteiger partial charge on any atom is 0.264 e. The molecule has 3 heterocycles. The molecule has 0 aliphatic carbocycles. The predicted octanol–water partition coefficient (Wildman–Crippen LogP) is 6.12. The summed E-state index contributed by atoms with van der Waals surface area (Å²) in [5.74, 6) is 1.98. The van der Waals surface area contributed by atoms with Crippen LogP contribution >= 0.6 is 11.3 Å². The summed E-state index contributed by atoms with van der Waals surface area (Å²) in [4.78, 5) is 22.5. The fourth-order valence-corrected chi connectivity index (χ4v) is 5.69. The molecule has 4 aromatic rings. The highest BCUT2D eigenvalue weighted by Gasteiger charge is 2.26. The van der Waals surface area contributed by atoms with Crippen LogP contribution in [0.4, 0.5) is 0 Å². The quantitative estimate of drug-likeness (QED) is 0.259. The molecule has 0 bridgehead atoms. The van der Waals surface area contributed by atoms with Gasteiger partial charge in [0.2, 0.25) is 0 Å². The number of carbonyl (C=O) groups excluding carboxylic acids is 1. The minimum atomic E-state index is 0.00241. The molecule has 0 radical (unpaired) electrons. The van der Waals surface area contributed by atoms with Crippen molar-refractivity contribution >= 4 is 28.1 Å². The average molecular weight is 533 g/mol. The summed E-state index contributed by atoms with van der Waals surface area (Å²) >= 11 is 1.52. The Morgan fingerprint density at radius 2 is 1.87 bits per heavy atom. The van der Waals surface area contributed by atoms with Crippen LogP contribution in [-0.2, 0) is 11.3 Å². The molecule has 0 unspecified atom stereocenters. The van der Waals surface area contributed by atoms with E-state index < -0.39 is 0 Å². The van der Waals surface area contributed by atoms with Gasteiger partial charge in [-0.3, -0.25) is 4.79 Å². The number of ether oxygens (including phenoxy) is 4. The third kappa shape index (κ3) is 5.47. The zero-order chi connectivity index (χ0) is 26.6. The van der Waals surface area contributed by atoms with Gasteiger partial charge in [0.1, 0.15) is 5.75 Å². The van der Waals surface area contributed by atoms with Gasteiger partial charge in [0.05, 0.1) is 43.5 Å². The van der Waals surface area contributed by atoms with Crippen molar-refractivity contribution < 1.29 is 23.7 Å². The molecule has 7 nitrogen and oxygen atoms in total. The molecule has 1 aliphatic heterocycles. The van der Waals surface area contributed by atoms with E-state index in [1.165, 1.54) is 11.3 Å². The van der Waals surface area contributed by atoms with Crippen LogP contribution in [0.2, 0.25) is 0 Å². The molecule has 0 N–H and O–H groups in total. The Labute approximate surface area is 226 Å². The number of fused-ring (bicyclic) bond motifs is 1. The van der Waals surface area contributed by atoms with Gasteiger partial charge in [0.25, 0.3) is 5.91 Å². The number of pyridine rings is 1. The van der Waals surface area contributed by atoms with E-state index >= 15 is 0 Å². The van der Waals surface area contributed by atoms with Gasteiger partial charge in [-0.05, 0) is 61.7 Å². The lowest BCUT2D eigenvalue weighted by Gasteiger charge is -2.26. The van der Waals surface area contributed by atoms with Crippen LogP contribution in [-0.4, -0.2) is 56.4 Å². The number of aryl methyl sites for hydroxylation is 1. The van der Waals surface area contributed by atoms with E-state index in [0.717, 1.165) is 62.7 Å². The van der Waals surface area contributed by atoms with Crippen LogP contribution < -0.4 is 14.2 Å².